The van der Waals surface area contributed by atoms with Crippen LogP contribution in [0.4, 0.5) is 5.69 Å². The topological polar surface area (TPSA) is 76.1 Å². The molecule has 1 atom stereocenters. The van der Waals surface area contributed by atoms with Gasteiger partial charge in [0.1, 0.15) is 19.2 Å². The quantitative estimate of drug-likeness (QED) is 0.763. The number of carbonyl (C=O) groups excluding carboxylic acids is 2. The van der Waals surface area contributed by atoms with Crippen LogP contribution in [0.25, 0.3) is 0 Å². The smallest absolute Gasteiger partial charge is 0.328 e. The first-order valence-electron chi connectivity index (χ1n) is 6.36. The Hall–Kier alpha value is -1.79. The number of nitrogens with zero attached hydrogens (tertiary/aromatic N) is 1. The summed E-state index contributed by atoms with van der Waals surface area (Å²) in [7, 11) is 1.27. The van der Waals surface area contributed by atoms with Gasteiger partial charge in [-0.3, -0.25) is 4.79 Å². The molecule has 0 saturated carbocycles. The Morgan fingerprint density at radius 3 is 2.48 bits per heavy atom. The summed E-state index contributed by atoms with van der Waals surface area (Å²) in [6.45, 7) is 1.16. The number of esters is 2. The molecule has 1 aromatic carbocycles. The third-order valence-electron chi connectivity index (χ3n) is 2.83. The van der Waals surface area contributed by atoms with Crippen molar-refractivity contribution in [3.8, 4) is 0 Å². The highest BCUT2D eigenvalue weighted by Gasteiger charge is 2.25. The average Bonchev–Trinajstić information content (AvgIpc) is 2.50. The SMILES string of the molecule is COC(=O)CN(c1ccc(Cl)cc1)[C@H](C)C(=O)OCCO. The summed E-state index contributed by atoms with van der Waals surface area (Å²) < 4.78 is 9.52. The summed E-state index contributed by atoms with van der Waals surface area (Å²) in [5.41, 5.74) is 0.637. The van der Waals surface area contributed by atoms with Gasteiger partial charge >= 0.3 is 11.9 Å². The second-order valence-electron chi connectivity index (χ2n) is 4.25. The third-order valence-corrected chi connectivity index (χ3v) is 3.08. The fourth-order valence-electron chi connectivity index (χ4n) is 1.68. The lowest BCUT2D eigenvalue weighted by Gasteiger charge is -2.28. The van der Waals surface area contributed by atoms with Gasteiger partial charge in [0.2, 0.25) is 0 Å². The average molecular weight is 316 g/mol. The van der Waals surface area contributed by atoms with E-state index in [1.54, 1.807) is 36.1 Å². The lowest BCUT2D eigenvalue weighted by Crippen LogP contribution is -2.43. The molecular formula is C14H18ClNO5. The zero-order chi connectivity index (χ0) is 15.8. The van der Waals surface area contributed by atoms with Crippen LogP contribution in [0, 0.1) is 0 Å². The van der Waals surface area contributed by atoms with Gasteiger partial charge in [0, 0.05) is 10.7 Å². The summed E-state index contributed by atoms with van der Waals surface area (Å²) in [4.78, 5) is 25.0. The molecule has 116 valence electrons. The molecule has 1 rings (SSSR count). The number of aliphatic hydroxyl groups excluding tert-OH is 1. The van der Waals surface area contributed by atoms with Crippen LogP contribution in [0.2, 0.25) is 5.02 Å². The maximum Gasteiger partial charge on any atom is 0.328 e. The van der Waals surface area contributed by atoms with Crippen LogP contribution in [0.15, 0.2) is 24.3 Å². The van der Waals surface area contributed by atoms with Crippen molar-refractivity contribution >= 4 is 29.2 Å². The van der Waals surface area contributed by atoms with Crippen molar-refractivity contribution in [1.29, 1.82) is 0 Å². The van der Waals surface area contributed by atoms with Gasteiger partial charge in [-0.05, 0) is 31.2 Å². The Morgan fingerprint density at radius 2 is 1.95 bits per heavy atom. The van der Waals surface area contributed by atoms with Gasteiger partial charge in [0.05, 0.1) is 13.7 Å². The second-order valence-corrected chi connectivity index (χ2v) is 4.68. The van der Waals surface area contributed by atoms with E-state index in [1.807, 2.05) is 0 Å². The van der Waals surface area contributed by atoms with Gasteiger partial charge in [-0.15, -0.1) is 0 Å². The number of ether oxygens (including phenoxy) is 2. The van der Waals surface area contributed by atoms with Crippen molar-refractivity contribution in [2.75, 3.05) is 31.8 Å². The molecule has 0 amide bonds. The highest BCUT2D eigenvalue weighted by Crippen LogP contribution is 2.20. The molecule has 6 nitrogen and oxygen atoms in total. The standard InChI is InChI=1S/C14H18ClNO5/c1-10(14(19)21-8-7-17)16(9-13(18)20-2)12-5-3-11(15)4-6-12/h3-6,10,17H,7-9H2,1-2H3/t10-/m1/s1. The molecule has 0 aliphatic rings. The fraction of sp³-hybridized carbons (Fsp3) is 0.429. The van der Waals surface area contributed by atoms with Gasteiger partial charge in [0.15, 0.2) is 0 Å². The maximum atomic E-state index is 11.9. The Kier molecular flexibility index (Phi) is 6.98. The van der Waals surface area contributed by atoms with Gasteiger partial charge in [0.25, 0.3) is 0 Å². The molecule has 0 radical (unpaired) electrons. The predicted octanol–water partition coefficient (Wildman–Crippen LogP) is 1.24. The number of carbonyl (C=O) groups is 2. The largest absolute Gasteiger partial charge is 0.468 e. The van der Waals surface area contributed by atoms with E-state index < -0.39 is 18.0 Å². The Balaban J connectivity index is 2.93. The van der Waals surface area contributed by atoms with Crippen LogP contribution >= 0.6 is 11.6 Å². The lowest BCUT2D eigenvalue weighted by atomic mass is 10.2. The Labute approximate surface area is 128 Å². The van der Waals surface area contributed by atoms with E-state index in [0.29, 0.717) is 10.7 Å². The molecule has 0 aromatic heterocycles. The number of halogens is 1. The summed E-state index contributed by atoms with van der Waals surface area (Å²) in [6, 6.07) is 6.00. The van der Waals surface area contributed by atoms with Crippen molar-refractivity contribution in [1.82, 2.24) is 0 Å². The predicted molar refractivity (Wildman–Crippen MR) is 78.3 cm³/mol. The van der Waals surface area contributed by atoms with Crippen LogP contribution in [-0.2, 0) is 19.1 Å². The first kappa shape index (κ1) is 17.3. The summed E-state index contributed by atoms with van der Waals surface area (Å²) >= 11 is 5.83. The summed E-state index contributed by atoms with van der Waals surface area (Å²) in [5.74, 6) is -1.02. The molecule has 1 N–H and O–H groups in total. The van der Waals surface area contributed by atoms with Crippen molar-refractivity contribution in [2.24, 2.45) is 0 Å². The number of anilines is 1. The highest BCUT2D eigenvalue weighted by molar-refractivity contribution is 6.30. The number of hydrogen-bond acceptors (Lipinski definition) is 6. The van der Waals surface area contributed by atoms with E-state index in [9.17, 15) is 9.59 Å². The molecule has 0 spiro atoms. The minimum atomic E-state index is -0.711. The second kappa shape index (κ2) is 8.49. The summed E-state index contributed by atoms with van der Waals surface area (Å²) in [5, 5.41) is 9.24. The zero-order valence-corrected chi connectivity index (χ0v) is 12.7. The molecule has 1 aromatic rings. The van der Waals surface area contributed by atoms with Gasteiger partial charge in [-0.1, -0.05) is 11.6 Å². The molecule has 21 heavy (non-hydrogen) atoms. The number of benzene rings is 1. The molecule has 7 heteroatoms. The van der Waals surface area contributed by atoms with E-state index in [2.05, 4.69) is 4.74 Å². The molecule has 0 heterocycles. The summed E-state index contributed by atoms with van der Waals surface area (Å²) in [6.07, 6.45) is 0. The van der Waals surface area contributed by atoms with Gasteiger partial charge in [-0.2, -0.15) is 0 Å². The van der Waals surface area contributed by atoms with E-state index in [1.165, 1.54) is 7.11 Å². The van der Waals surface area contributed by atoms with Crippen LogP contribution < -0.4 is 4.90 Å². The van der Waals surface area contributed by atoms with Crippen LogP contribution in [0.5, 0.6) is 0 Å². The van der Waals surface area contributed by atoms with Crippen molar-refractivity contribution in [2.45, 2.75) is 13.0 Å². The molecule has 0 bridgehead atoms. The van der Waals surface area contributed by atoms with Crippen LogP contribution in [0.3, 0.4) is 0 Å². The van der Waals surface area contributed by atoms with E-state index in [-0.39, 0.29) is 19.8 Å². The Morgan fingerprint density at radius 1 is 1.33 bits per heavy atom. The number of hydrogen-bond donors (Lipinski definition) is 1. The van der Waals surface area contributed by atoms with E-state index in [4.69, 9.17) is 21.4 Å². The molecule has 0 aliphatic heterocycles. The molecule has 0 fully saturated rings. The third kappa shape index (κ3) is 5.24. The van der Waals surface area contributed by atoms with Gasteiger partial charge < -0.3 is 19.5 Å². The monoisotopic (exact) mass is 315 g/mol. The van der Waals surface area contributed by atoms with E-state index >= 15 is 0 Å². The molecule has 0 saturated heterocycles. The minimum Gasteiger partial charge on any atom is -0.468 e. The zero-order valence-electron chi connectivity index (χ0n) is 11.9. The number of methoxy groups -OCH3 is 1. The molecule has 0 aliphatic carbocycles. The van der Waals surface area contributed by atoms with Crippen molar-refractivity contribution in [3.63, 3.8) is 0 Å². The Bertz CT molecular complexity index is 477. The lowest BCUT2D eigenvalue weighted by molar-refractivity contribution is -0.146. The first-order valence-corrected chi connectivity index (χ1v) is 6.74. The fourth-order valence-corrected chi connectivity index (χ4v) is 1.81. The number of rotatable bonds is 7. The van der Waals surface area contributed by atoms with Gasteiger partial charge in [-0.25, -0.2) is 4.79 Å². The van der Waals surface area contributed by atoms with Crippen molar-refractivity contribution < 1.29 is 24.2 Å². The van der Waals surface area contributed by atoms with Crippen LogP contribution in [0.1, 0.15) is 6.92 Å². The minimum absolute atomic E-state index is 0.0874. The normalized spacial score (nSPS) is 11.6. The molecule has 0 unspecified atom stereocenters. The van der Waals surface area contributed by atoms with Crippen molar-refractivity contribution in [3.05, 3.63) is 29.3 Å². The van der Waals surface area contributed by atoms with E-state index in [0.717, 1.165) is 0 Å². The maximum absolute atomic E-state index is 11.9. The van der Waals surface area contributed by atoms with Crippen LogP contribution in [-0.4, -0.2) is 50.0 Å². The number of aliphatic hydroxyl groups is 1. The molecular weight excluding hydrogens is 298 g/mol. The highest BCUT2D eigenvalue weighted by atomic mass is 35.5. The first-order chi connectivity index (χ1) is 9.99.